The Morgan fingerprint density at radius 2 is 2.71 bits per heavy atom. The molecule has 1 aliphatic heterocycles. The van der Waals surface area contributed by atoms with Crippen molar-refractivity contribution in [3.05, 3.63) is 24.9 Å². The Morgan fingerprint density at radius 3 is 3.00 bits per heavy atom. The van der Waals surface area contributed by atoms with Gasteiger partial charge >= 0.3 is 0 Å². The van der Waals surface area contributed by atoms with Crippen LogP contribution in [0.5, 0.6) is 0 Å². The van der Waals surface area contributed by atoms with Crippen molar-refractivity contribution in [1.29, 1.82) is 0 Å². The van der Waals surface area contributed by atoms with Gasteiger partial charge in [0.15, 0.2) is 0 Å². The first kappa shape index (κ1) is 4.31. The molecule has 0 amide bonds. The number of nitrogens with zero attached hydrogens (tertiary/aromatic N) is 1. The minimum Gasteiger partial charge on any atom is -0.261 e. The summed E-state index contributed by atoms with van der Waals surface area (Å²) in [5, 5.41) is 0. The summed E-state index contributed by atoms with van der Waals surface area (Å²) in [6.07, 6.45) is 6.55. The summed E-state index contributed by atoms with van der Waals surface area (Å²) in [6, 6.07) is 0. The molecule has 0 aromatic heterocycles. The zero-order valence-corrected chi connectivity index (χ0v) is 4.09. The van der Waals surface area contributed by atoms with Crippen molar-refractivity contribution in [3.63, 3.8) is 0 Å². The molecule has 0 fully saturated rings. The van der Waals surface area contributed by atoms with Crippen LogP contribution < -0.4 is 0 Å². The fourth-order valence-electron chi connectivity index (χ4n) is 0.511. The van der Waals surface area contributed by atoms with Crippen molar-refractivity contribution >= 4 is 5.71 Å². The molecule has 0 aromatic rings. The Labute approximate surface area is 43.1 Å². The van der Waals surface area contributed by atoms with Crippen molar-refractivity contribution < 1.29 is 0 Å². The van der Waals surface area contributed by atoms with E-state index in [0.29, 0.717) is 0 Å². The molecule has 0 bridgehead atoms. The highest BCUT2D eigenvalue weighted by atomic mass is 14.7. The van der Waals surface area contributed by atoms with Crippen LogP contribution in [0.3, 0.4) is 0 Å². The minimum absolute atomic E-state index is 0.962. The quantitative estimate of drug-likeness (QED) is 0.466. The lowest BCUT2D eigenvalue weighted by atomic mass is 10.3. The molecule has 0 saturated heterocycles. The standard InChI is InChI=1S/C6H7N/c1-2-6-4-3-5-7-6/h2-3,5H,1,4H2. The molecule has 0 radical (unpaired) electrons. The Kier molecular flexibility index (Phi) is 1.07. The lowest BCUT2D eigenvalue weighted by Crippen LogP contribution is -1.81. The van der Waals surface area contributed by atoms with Crippen molar-refractivity contribution in [3.8, 4) is 0 Å². The van der Waals surface area contributed by atoms with E-state index in [-0.39, 0.29) is 0 Å². The maximum Gasteiger partial charge on any atom is 0.0435 e. The highest BCUT2D eigenvalue weighted by Gasteiger charge is 1.91. The van der Waals surface area contributed by atoms with E-state index in [1.54, 1.807) is 12.3 Å². The number of allylic oxidation sites excluding steroid dienone is 2. The molecule has 7 heavy (non-hydrogen) atoms. The Bertz CT molecular complexity index is 131. The smallest absolute Gasteiger partial charge is 0.0435 e. The summed E-state index contributed by atoms with van der Waals surface area (Å²) in [4.78, 5) is 3.97. The summed E-state index contributed by atoms with van der Waals surface area (Å²) in [7, 11) is 0. The summed E-state index contributed by atoms with van der Waals surface area (Å²) in [5.74, 6) is 0. The molecule has 1 rings (SSSR count). The van der Waals surface area contributed by atoms with Gasteiger partial charge in [-0.25, -0.2) is 0 Å². The fourth-order valence-corrected chi connectivity index (χ4v) is 0.511. The van der Waals surface area contributed by atoms with Gasteiger partial charge in [-0.05, 0) is 6.08 Å². The minimum atomic E-state index is 0.962. The summed E-state index contributed by atoms with van der Waals surface area (Å²) < 4.78 is 0. The second-order valence-corrected chi connectivity index (χ2v) is 1.41. The van der Waals surface area contributed by atoms with Crippen molar-refractivity contribution in [1.82, 2.24) is 0 Å². The van der Waals surface area contributed by atoms with E-state index in [9.17, 15) is 0 Å². The topological polar surface area (TPSA) is 12.4 Å². The SMILES string of the molecule is C=CC1=NC=CC1. The summed E-state index contributed by atoms with van der Waals surface area (Å²) in [5.41, 5.74) is 1.07. The molecule has 0 spiro atoms. The third kappa shape index (κ3) is 0.769. The summed E-state index contributed by atoms with van der Waals surface area (Å²) >= 11 is 0. The van der Waals surface area contributed by atoms with Gasteiger partial charge in [-0.3, -0.25) is 4.99 Å². The highest BCUT2D eigenvalue weighted by molar-refractivity contribution is 5.97. The predicted molar refractivity (Wildman–Crippen MR) is 31.4 cm³/mol. The van der Waals surface area contributed by atoms with Gasteiger partial charge in [0, 0.05) is 18.3 Å². The van der Waals surface area contributed by atoms with Gasteiger partial charge in [-0.1, -0.05) is 12.7 Å². The first-order valence-corrected chi connectivity index (χ1v) is 2.27. The molecule has 1 heterocycles. The van der Waals surface area contributed by atoms with Crippen molar-refractivity contribution in [2.75, 3.05) is 0 Å². The van der Waals surface area contributed by atoms with Crippen LogP contribution in [0.2, 0.25) is 0 Å². The van der Waals surface area contributed by atoms with E-state index >= 15 is 0 Å². The van der Waals surface area contributed by atoms with E-state index in [1.807, 2.05) is 6.08 Å². The van der Waals surface area contributed by atoms with E-state index in [1.165, 1.54) is 0 Å². The van der Waals surface area contributed by atoms with Gasteiger partial charge in [0.05, 0.1) is 0 Å². The highest BCUT2D eigenvalue weighted by Crippen LogP contribution is 1.98. The maximum atomic E-state index is 3.97. The molecule has 36 valence electrons. The fraction of sp³-hybridized carbons (Fsp3) is 0.167. The molecule has 0 saturated carbocycles. The van der Waals surface area contributed by atoms with E-state index in [2.05, 4.69) is 11.6 Å². The van der Waals surface area contributed by atoms with Crippen LogP contribution in [0, 0.1) is 0 Å². The lowest BCUT2D eigenvalue weighted by molar-refractivity contribution is 1.56. The summed E-state index contributed by atoms with van der Waals surface area (Å²) in [6.45, 7) is 3.57. The van der Waals surface area contributed by atoms with Crippen molar-refractivity contribution in [2.45, 2.75) is 6.42 Å². The van der Waals surface area contributed by atoms with Crippen LogP contribution in [0.25, 0.3) is 0 Å². The molecule has 0 aromatic carbocycles. The van der Waals surface area contributed by atoms with Crippen LogP contribution in [-0.4, -0.2) is 5.71 Å². The molecule has 1 nitrogen and oxygen atoms in total. The van der Waals surface area contributed by atoms with E-state index in [0.717, 1.165) is 12.1 Å². The average molecular weight is 93.1 g/mol. The van der Waals surface area contributed by atoms with Gasteiger partial charge in [-0.15, -0.1) is 0 Å². The van der Waals surface area contributed by atoms with Crippen LogP contribution >= 0.6 is 0 Å². The maximum absolute atomic E-state index is 3.97. The molecule has 0 aliphatic carbocycles. The molecule has 0 atom stereocenters. The Morgan fingerprint density at radius 1 is 1.86 bits per heavy atom. The van der Waals surface area contributed by atoms with Gasteiger partial charge < -0.3 is 0 Å². The zero-order valence-electron chi connectivity index (χ0n) is 4.09. The molecule has 0 N–H and O–H groups in total. The number of rotatable bonds is 1. The number of aliphatic imine (C=N–C) groups is 1. The predicted octanol–water partition coefficient (Wildman–Crippen LogP) is 1.53. The second kappa shape index (κ2) is 1.73. The zero-order chi connectivity index (χ0) is 5.11. The largest absolute Gasteiger partial charge is 0.261 e. The normalized spacial score (nSPS) is 16.9. The number of hydrogen-bond donors (Lipinski definition) is 0. The van der Waals surface area contributed by atoms with Crippen LogP contribution in [-0.2, 0) is 0 Å². The van der Waals surface area contributed by atoms with Gasteiger partial charge in [0.1, 0.15) is 0 Å². The Hall–Kier alpha value is -0.850. The molecule has 1 heteroatoms. The van der Waals surface area contributed by atoms with E-state index in [4.69, 9.17) is 0 Å². The monoisotopic (exact) mass is 93.1 g/mol. The van der Waals surface area contributed by atoms with Gasteiger partial charge in [0.25, 0.3) is 0 Å². The third-order valence-corrected chi connectivity index (χ3v) is 0.908. The van der Waals surface area contributed by atoms with Crippen LogP contribution in [0.4, 0.5) is 0 Å². The van der Waals surface area contributed by atoms with Crippen LogP contribution in [0.1, 0.15) is 6.42 Å². The number of hydrogen-bond acceptors (Lipinski definition) is 1. The first-order chi connectivity index (χ1) is 3.43. The van der Waals surface area contributed by atoms with Crippen LogP contribution in [0.15, 0.2) is 29.9 Å². The van der Waals surface area contributed by atoms with Gasteiger partial charge in [-0.2, -0.15) is 0 Å². The second-order valence-electron chi connectivity index (χ2n) is 1.41. The molecular formula is C6H7N. The van der Waals surface area contributed by atoms with Crippen molar-refractivity contribution in [2.24, 2.45) is 4.99 Å². The molecule has 0 unspecified atom stereocenters. The lowest BCUT2D eigenvalue weighted by Gasteiger charge is -1.80. The first-order valence-electron chi connectivity index (χ1n) is 2.27. The van der Waals surface area contributed by atoms with Gasteiger partial charge in [0.2, 0.25) is 0 Å². The molecular weight excluding hydrogens is 86.1 g/mol. The van der Waals surface area contributed by atoms with E-state index < -0.39 is 0 Å². The Balaban J connectivity index is 2.61. The average Bonchev–Trinajstić information content (AvgIpc) is 2.14. The third-order valence-electron chi connectivity index (χ3n) is 0.908. The molecule has 1 aliphatic rings.